The van der Waals surface area contributed by atoms with E-state index in [0.717, 1.165) is 27.4 Å². The van der Waals surface area contributed by atoms with Gasteiger partial charge in [0.2, 0.25) is 0 Å². The minimum atomic E-state index is -0.968. The quantitative estimate of drug-likeness (QED) is 0.346. The zero-order valence-corrected chi connectivity index (χ0v) is 18.7. The first-order chi connectivity index (χ1) is 15.2. The molecule has 4 heteroatoms. The Hall–Kier alpha value is -3.08. The van der Waals surface area contributed by atoms with Crippen molar-refractivity contribution >= 4 is 45.7 Å². The number of fused-ring (bicyclic) bond motifs is 7. The molecule has 0 saturated carbocycles. The van der Waals surface area contributed by atoms with Gasteiger partial charge in [-0.3, -0.25) is 0 Å². The van der Waals surface area contributed by atoms with Crippen molar-refractivity contribution in [3.05, 3.63) is 66.7 Å². The van der Waals surface area contributed by atoms with Gasteiger partial charge in [0.15, 0.2) is 0 Å². The Morgan fingerprint density at radius 1 is 0.719 bits per heavy atom. The van der Waals surface area contributed by atoms with Gasteiger partial charge in [-0.2, -0.15) is 0 Å². The van der Waals surface area contributed by atoms with E-state index in [1.807, 2.05) is 26.0 Å². The fraction of sp³-hybridized carbons (Fsp3) is 0.214. The number of furan rings is 1. The molecule has 4 aromatic carbocycles. The molecule has 1 N–H and O–H groups in total. The van der Waals surface area contributed by atoms with Crippen LogP contribution in [0.15, 0.2) is 71.1 Å². The first-order valence-electron chi connectivity index (χ1n) is 11.0. The molecule has 32 heavy (non-hydrogen) atoms. The highest BCUT2D eigenvalue weighted by Crippen LogP contribution is 2.50. The van der Waals surface area contributed by atoms with Gasteiger partial charge < -0.3 is 14.2 Å². The van der Waals surface area contributed by atoms with Crippen LogP contribution in [0.3, 0.4) is 0 Å². The summed E-state index contributed by atoms with van der Waals surface area (Å²) in [5, 5.41) is 15.1. The zero-order chi connectivity index (χ0) is 22.3. The van der Waals surface area contributed by atoms with Crippen LogP contribution in [0.2, 0.25) is 0 Å². The Bertz CT molecular complexity index is 1540. The molecule has 1 aromatic heterocycles. The van der Waals surface area contributed by atoms with Gasteiger partial charge in [-0.25, -0.2) is 0 Å². The number of aliphatic hydroxyl groups is 1. The second-order valence-electron chi connectivity index (χ2n) is 9.73. The van der Waals surface area contributed by atoms with Crippen LogP contribution in [0.5, 0.6) is 0 Å². The van der Waals surface area contributed by atoms with Gasteiger partial charge in [-0.1, -0.05) is 54.6 Å². The minimum absolute atomic E-state index is 0.721. The van der Waals surface area contributed by atoms with Crippen LogP contribution in [0, 0.1) is 0 Å². The van der Waals surface area contributed by atoms with E-state index in [1.54, 1.807) is 21.3 Å². The summed E-state index contributed by atoms with van der Waals surface area (Å²) in [5.74, 6) is 0. The molecular formula is C28H24BO3. The summed E-state index contributed by atoms with van der Waals surface area (Å²) in [6.45, 7) is 7.26. The second-order valence-corrected chi connectivity index (χ2v) is 9.73. The molecule has 3 nitrogen and oxygen atoms in total. The van der Waals surface area contributed by atoms with Crippen molar-refractivity contribution in [2.45, 2.75) is 38.9 Å². The summed E-state index contributed by atoms with van der Waals surface area (Å²) in [7, 11) is 1.70. The second kappa shape index (κ2) is 6.47. The molecular weight excluding hydrogens is 395 g/mol. The maximum absolute atomic E-state index is 10.4. The van der Waals surface area contributed by atoms with E-state index in [0.29, 0.717) is 0 Å². The van der Waals surface area contributed by atoms with Crippen molar-refractivity contribution in [2.24, 2.45) is 0 Å². The van der Waals surface area contributed by atoms with Crippen molar-refractivity contribution in [1.82, 2.24) is 0 Å². The van der Waals surface area contributed by atoms with E-state index in [-0.39, 0.29) is 0 Å². The van der Waals surface area contributed by atoms with Crippen LogP contribution < -0.4 is 5.46 Å². The summed E-state index contributed by atoms with van der Waals surface area (Å²) in [5.41, 5.74) is 6.01. The van der Waals surface area contributed by atoms with Gasteiger partial charge in [0, 0.05) is 10.8 Å². The highest BCUT2D eigenvalue weighted by Gasteiger charge is 2.35. The van der Waals surface area contributed by atoms with Crippen LogP contribution in [0.4, 0.5) is 0 Å². The molecule has 6 rings (SSSR count). The lowest BCUT2D eigenvalue weighted by Crippen LogP contribution is -2.49. The van der Waals surface area contributed by atoms with Gasteiger partial charge in [0.25, 0.3) is 0 Å². The van der Waals surface area contributed by atoms with Gasteiger partial charge in [-0.05, 0) is 78.3 Å². The molecule has 0 atom stereocenters. The van der Waals surface area contributed by atoms with Crippen LogP contribution in [0.25, 0.3) is 55.0 Å². The highest BCUT2D eigenvalue weighted by molar-refractivity contribution is 6.47. The SMILES string of the molecule is CC(C)(O)C(C)(C)O[B]c1ccc2c(c1)oc1cc3c4c(cccc4c12)-c1ccccc1-3. The molecule has 1 heterocycles. The molecule has 0 unspecified atom stereocenters. The zero-order valence-electron chi connectivity index (χ0n) is 18.7. The Labute approximate surface area is 187 Å². The number of rotatable bonds is 4. The largest absolute Gasteiger partial charge is 0.456 e. The average Bonchev–Trinajstić information content (AvgIpc) is 3.29. The normalized spacial score (nSPS) is 13.3. The van der Waals surface area contributed by atoms with Crippen LogP contribution in [-0.4, -0.2) is 23.8 Å². The molecule has 0 spiro atoms. The van der Waals surface area contributed by atoms with Gasteiger partial charge in [-0.15, -0.1) is 0 Å². The number of hydrogen-bond acceptors (Lipinski definition) is 3. The Kier molecular flexibility index (Phi) is 3.96. The standard InChI is InChI=1S/C28H24BO3/c1-27(2,30)28(3,4)32-29-16-12-13-20-23(14-16)31-24-15-22-18-9-6-5-8-17(18)19-10-7-11-21(25(19)22)26(20)24/h5-15,30H,1-4H3. The summed E-state index contributed by atoms with van der Waals surface area (Å²) in [6.07, 6.45) is 0. The molecule has 0 bridgehead atoms. The fourth-order valence-electron chi connectivity index (χ4n) is 4.59. The maximum atomic E-state index is 10.4. The first kappa shape index (κ1) is 19.6. The fourth-order valence-corrected chi connectivity index (χ4v) is 4.59. The third-order valence-electron chi connectivity index (χ3n) is 7.09. The molecule has 1 radical (unpaired) electrons. The van der Waals surface area contributed by atoms with E-state index in [2.05, 4.69) is 54.6 Å². The number of hydrogen-bond donors (Lipinski definition) is 1. The van der Waals surface area contributed by atoms with Gasteiger partial charge >= 0.3 is 7.48 Å². The Morgan fingerprint density at radius 2 is 1.44 bits per heavy atom. The van der Waals surface area contributed by atoms with Gasteiger partial charge in [0.1, 0.15) is 11.2 Å². The molecule has 157 valence electrons. The lowest BCUT2D eigenvalue weighted by Gasteiger charge is -2.37. The summed E-state index contributed by atoms with van der Waals surface area (Å²) in [4.78, 5) is 0. The lowest BCUT2D eigenvalue weighted by atomic mass is 9.82. The third-order valence-corrected chi connectivity index (χ3v) is 7.09. The lowest BCUT2D eigenvalue weighted by molar-refractivity contribution is -0.0893. The number of benzene rings is 4. The Morgan fingerprint density at radius 3 is 2.19 bits per heavy atom. The van der Waals surface area contributed by atoms with Gasteiger partial charge in [0.05, 0.1) is 11.2 Å². The van der Waals surface area contributed by atoms with Crippen molar-refractivity contribution < 1.29 is 14.2 Å². The summed E-state index contributed by atoms with van der Waals surface area (Å²) < 4.78 is 12.3. The molecule has 0 aliphatic heterocycles. The summed E-state index contributed by atoms with van der Waals surface area (Å²) >= 11 is 0. The van der Waals surface area contributed by atoms with Crippen molar-refractivity contribution in [3.63, 3.8) is 0 Å². The van der Waals surface area contributed by atoms with E-state index >= 15 is 0 Å². The van der Waals surface area contributed by atoms with E-state index in [9.17, 15) is 5.11 Å². The van der Waals surface area contributed by atoms with E-state index in [1.165, 1.54) is 33.0 Å². The Balaban J connectivity index is 1.50. The maximum Gasteiger partial charge on any atom is 0.331 e. The van der Waals surface area contributed by atoms with E-state index < -0.39 is 11.2 Å². The predicted molar refractivity (Wildman–Crippen MR) is 133 cm³/mol. The van der Waals surface area contributed by atoms with Crippen LogP contribution in [-0.2, 0) is 4.65 Å². The molecule has 5 aromatic rings. The first-order valence-corrected chi connectivity index (χ1v) is 11.0. The van der Waals surface area contributed by atoms with Crippen molar-refractivity contribution in [2.75, 3.05) is 0 Å². The molecule has 0 amide bonds. The van der Waals surface area contributed by atoms with Crippen LogP contribution in [0.1, 0.15) is 27.7 Å². The molecule has 1 aliphatic rings. The molecule has 0 saturated heterocycles. The minimum Gasteiger partial charge on any atom is -0.456 e. The smallest absolute Gasteiger partial charge is 0.331 e. The highest BCUT2D eigenvalue weighted by atomic mass is 16.5. The van der Waals surface area contributed by atoms with E-state index in [4.69, 9.17) is 9.07 Å². The molecule has 0 fully saturated rings. The molecule has 1 aliphatic carbocycles. The predicted octanol–water partition coefficient (Wildman–Crippen LogP) is 6.20. The van der Waals surface area contributed by atoms with Crippen molar-refractivity contribution in [3.8, 4) is 22.3 Å². The topological polar surface area (TPSA) is 42.6 Å². The van der Waals surface area contributed by atoms with Crippen LogP contribution >= 0.6 is 0 Å². The van der Waals surface area contributed by atoms with Crippen molar-refractivity contribution in [1.29, 1.82) is 0 Å². The average molecular weight is 419 g/mol. The monoisotopic (exact) mass is 419 g/mol. The third kappa shape index (κ3) is 2.70. The summed E-state index contributed by atoms with van der Waals surface area (Å²) in [6, 6.07) is 23.4.